The summed E-state index contributed by atoms with van der Waals surface area (Å²) in [6.07, 6.45) is 0. The van der Waals surface area contributed by atoms with Crippen LogP contribution in [0.5, 0.6) is 0 Å². The summed E-state index contributed by atoms with van der Waals surface area (Å²) in [5.41, 5.74) is 0.0123. The highest BCUT2D eigenvalue weighted by molar-refractivity contribution is 7.95. The van der Waals surface area contributed by atoms with E-state index in [0.29, 0.717) is 0 Å². The van der Waals surface area contributed by atoms with Gasteiger partial charge in [0.05, 0.1) is 22.0 Å². The monoisotopic (exact) mass is 320 g/mol. The van der Waals surface area contributed by atoms with Gasteiger partial charge in [-0.15, -0.1) is 0 Å². The topological polar surface area (TPSA) is 106 Å². The van der Waals surface area contributed by atoms with E-state index in [4.69, 9.17) is 5.11 Å². The van der Waals surface area contributed by atoms with Gasteiger partial charge in [0.25, 0.3) is 0 Å². The molecule has 0 saturated heterocycles. The molecule has 20 heavy (non-hydrogen) atoms. The first-order valence-electron chi connectivity index (χ1n) is 5.87. The van der Waals surface area contributed by atoms with Crippen LogP contribution in [0.15, 0.2) is 23.1 Å². The van der Waals surface area contributed by atoms with Crippen molar-refractivity contribution in [2.75, 3.05) is 17.3 Å². The molecular weight excluding hydrogens is 304 g/mol. The zero-order valence-electron chi connectivity index (χ0n) is 11.2. The fourth-order valence-corrected chi connectivity index (χ4v) is 4.94. The molecule has 0 radical (unpaired) electrons. The average molecular weight is 320 g/mol. The van der Waals surface area contributed by atoms with Crippen LogP contribution in [0.2, 0.25) is 0 Å². The fraction of sp³-hybridized carbons (Fsp3) is 0.417. The minimum Gasteiger partial charge on any atom is -0.478 e. The molecule has 8 heteroatoms. The third-order valence-corrected chi connectivity index (χ3v) is 6.77. The second-order valence-electron chi connectivity index (χ2n) is 4.29. The first kappa shape index (κ1) is 16.6. The summed E-state index contributed by atoms with van der Waals surface area (Å²) < 4.78 is 47.0. The van der Waals surface area contributed by atoms with Gasteiger partial charge >= 0.3 is 5.97 Å². The van der Waals surface area contributed by atoms with Gasteiger partial charge in [0.15, 0.2) is 19.7 Å². The smallest absolute Gasteiger partial charge is 0.335 e. The maximum absolute atomic E-state index is 12.1. The van der Waals surface area contributed by atoms with Crippen LogP contribution in [-0.4, -0.2) is 45.2 Å². The largest absolute Gasteiger partial charge is 0.478 e. The number of carbonyl (C=O) groups is 1. The van der Waals surface area contributed by atoms with Gasteiger partial charge < -0.3 is 5.11 Å². The summed E-state index contributed by atoms with van der Waals surface area (Å²) in [4.78, 5) is 10.8. The van der Waals surface area contributed by atoms with E-state index < -0.39 is 37.1 Å². The van der Waals surface area contributed by atoms with Crippen LogP contribution in [0.25, 0.3) is 0 Å². The van der Waals surface area contributed by atoms with Gasteiger partial charge in [-0.2, -0.15) is 0 Å². The quantitative estimate of drug-likeness (QED) is 0.835. The van der Waals surface area contributed by atoms with Crippen LogP contribution in [0, 0.1) is 6.92 Å². The number of benzene rings is 1. The first-order chi connectivity index (χ1) is 9.10. The first-order valence-corrected chi connectivity index (χ1v) is 9.34. The summed E-state index contributed by atoms with van der Waals surface area (Å²) in [5.74, 6) is -2.37. The molecule has 0 saturated carbocycles. The maximum Gasteiger partial charge on any atom is 0.335 e. The molecular formula is C12H16O6S2. The van der Waals surface area contributed by atoms with Crippen molar-refractivity contribution in [3.63, 3.8) is 0 Å². The van der Waals surface area contributed by atoms with Crippen molar-refractivity contribution in [1.29, 1.82) is 0 Å². The Bertz CT molecular complexity index is 716. The van der Waals surface area contributed by atoms with Crippen LogP contribution in [0.3, 0.4) is 0 Å². The van der Waals surface area contributed by atoms with E-state index in [1.807, 2.05) is 0 Å². The Morgan fingerprint density at radius 3 is 2.25 bits per heavy atom. The highest BCUT2D eigenvalue weighted by Gasteiger charge is 2.23. The predicted molar refractivity (Wildman–Crippen MR) is 74.5 cm³/mol. The zero-order chi connectivity index (χ0) is 15.6. The average Bonchev–Trinajstić information content (AvgIpc) is 2.36. The van der Waals surface area contributed by atoms with Crippen molar-refractivity contribution in [2.24, 2.45) is 0 Å². The van der Waals surface area contributed by atoms with Gasteiger partial charge in [-0.3, -0.25) is 0 Å². The minimum atomic E-state index is -3.83. The van der Waals surface area contributed by atoms with Gasteiger partial charge in [-0.1, -0.05) is 13.0 Å². The van der Waals surface area contributed by atoms with E-state index in [0.717, 1.165) is 0 Å². The molecule has 0 fully saturated rings. The number of hydrogen-bond acceptors (Lipinski definition) is 5. The Morgan fingerprint density at radius 1 is 1.15 bits per heavy atom. The number of sulfone groups is 2. The second-order valence-corrected chi connectivity index (χ2v) is 8.84. The van der Waals surface area contributed by atoms with E-state index >= 15 is 0 Å². The van der Waals surface area contributed by atoms with Gasteiger partial charge in [0, 0.05) is 5.75 Å². The lowest BCUT2D eigenvalue weighted by molar-refractivity contribution is 0.0695. The maximum atomic E-state index is 12.1. The Labute approximate surface area is 118 Å². The van der Waals surface area contributed by atoms with Crippen molar-refractivity contribution in [1.82, 2.24) is 0 Å². The third kappa shape index (κ3) is 3.80. The third-order valence-electron chi connectivity index (χ3n) is 2.95. The lowest BCUT2D eigenvalue weighted by atomic mass is 10.1. The Balaban J connectivity index is 3.18. The number of carboxylic acids is 1. The standard InChI is InChI=1S/C12H16O6S2/c1-3-19(15,16)7-8-20(17,18)11-6-4-5-10(9(11)2)12(13)14/h4-6H,3,7-8H2,1-2H3,(H,13,14). The normalized spacial score (nSPS) is 12.3. The Hall–Kier alpha value is -1.41. The van der Waals surface area contributed by atoms with Crippen molar-refractivity contribution >= 4 is 25.6 Å². The minimum absolute atomic E-state index is 0.107. The molecule has 0 atom stereocenters. The molecule has 1 aromatic rings. The molecule has 0 aliphatic rings. The number of carboxylic acid groups (broad SMARTS) is 1. The van der Waals surface area contributed by atoms with E-state index in [1.165, 1.54) is 32.0 Å². The highest BCUT2D eigenvalue weighted by Crippen LogP contribution is 2.20. The lowest BCUT2D eigenvalue weighted by Gasteiger charge is -2.09. The molecule has 0 unspecified atom stereocenters. The SMILES string of the molecule is CCS(=O)(=O)CCS(=O)(=O)c1cccc(C(=O)O)c1C. The van der Waals surface area contributed by atoms with Crippen LogP contribution >= 0.6 is 0 Å². The number of rotatable bonds is 6. The van der Waals surface area contributed by atoms with Crippen LogP contribution in [0.4, 0.5) is 0 Å². The molecule has 0 heterocycles. The van der Waals surface area contributed by atoms with Crippen LogP contribution < -0.4 is 0 Å². The van der Waals surface area contributed by atoms with Crippen molar-refractivity contribution in [2.45, 2.75) is 18.7 Å². The fourth-order valence-electron chi connectivity index (χ4n) is 1.67. The van der Waals surface area contributed by atoms with Crippen molar-refractivity contribution < 1.29 is 26.7 Å². The molecule has 0 aliphatic carbocycles. The zero-order valence-corrected chi connectivity index (χ0v) is 12.8. The molecule has 0 aromatic heterocycles. The highest BCUT2D eigenvalue weighted by atomic mass is 32.2. The summed E-state index contributed by atoms with van der Waals surface area (Å²) >= 11 is 0. The molecule has 0 aliphatic heterocycles. The summed E-state index contributed by atoms with van der Waals surface area (Å²) in [6.45, 7) is 2.84. The molecule has 0 spiro atoms. The Morgan fingerprint density at radius 2 is 1.75 bits per heavy atom. The molecule has 0 bridgehead atoms. The van der Waals surface area contributed by atoms with Gasteiger partial charge in [-0.05, 0) is 24.6 Å². The molecule has 0 amide bonds. The predicted octanol–water partition coefficient (Wildman–Crippen LogP) is 0.902. The van der Waals surface area contributed by atoms with Crippen LogP contribution in [0.1, 0.15) is 22.8 Å². The van der Waals surface area contributed by atoms with Gasteiger partial charge in [-0.25, -0.2) is 21.6 Å². The van der Waals surface area contributed by atoms with E-state index in [2.05, 4.69) is 0 Å². The molecule has 1 rings (SSSR count). The van der Waals surface area contributed by atoms with Crippen LogP contribution in [-0.2, 0) is 19.7 Å². The van der Waals surface area contributed by atoms with E-state index in [1.54, 1.807) is 0 Å². The second kappa shape index (κ2) is 5.92. The number of aromatic carboxylic acids is 1. The van der Waals surface area contributed by atoms with Gasteiger partial charge in [0.2, 0.25) is 0 Å². The van der Waals surface area contributed by atoms with Gasteiger partial charge in [0.1, 0.15) is 0 Å². The number of hydrogen-bond donors (Lipinski definition) is 1. The Kier molecular flexibility index (Phi) is 4.93. The van der Waals surface area contributed by atoms with E-state index in [9.17, 15) is 21.6 Å². The summed E-state index contributed by atoms with van der Waals surface area (Å²) in [5, 5.41) is 8.96. The molecule has 1 aromatic carbocycles. The summed E-state index contributed by atoms with van der Waals surface area (Å²) in [7, 11) is -7.23. The van der Waals surface area contributed by atoms with Crippen molar-refractivity contribution in [3.05, 3.63) is 29.3 Å². The molecule has 112 valence electrons. The molecule has 1 N–H and O–H groups in total. The van der Waals surface area contributed by atoms with E-state index in [-0.39, 0.29) is 21.8 Å². The van der Waals surface area contributed by atoms with Crippen molar-refractivity contribution in [3.8, 4) is 0 Å². The molecule has 6 nitrogen and oxygen atoms in total. The lowest BCUT2D eigenvalue weighted by Crippen LogP contribution is -2.20. The summed E-state index contributed by atoms with van der Waals surface area (Å²) in [6, 6.07) is 3.92.